The average Bonchev–Trinajstić information content (AvgIpc) is 2.84. The van der Waals surface area contributed by atoms with Gasteiger partial charge < -0.3 is 14.4 Å². The summed E-state index contributed by atoms with van der Waals surface area (Å²) in [5.74, 6) is -0.817. The number of ether oxygens (including phenoxy) is 2. The Morgan fingerprint density at radius 2 is 1.76 bits per heavy atom. The first kappa shape index (κ1) is 29.5. The predicted octanol–water partition coefficient (Wildman–Crippen LogP) is 6.35. The Kier molecular flexibility index (Phi) is 9.10. The second kappa shape index (κ2) is 11.7. The normalized spacial score (nSPS) is 20.4. The molecule has 1 fully saturated rings. The molecule has 2 aromatic carbocycles. The average molecular weight is 535 g/mol. The minimum absolute atomic E-state index is 0.0447. The van der Waals surface area contributed by atoms with E-state index in [1.165, 1.54) is 4.90 Å². The molecular formula is C29H37F3N2O4. The fourth-order valence-electron chi connectivity index (χ4n) is 4.64. The summed E-state index contributed by atoms with van der Waals surface area (Å²) in [6.45, 7) is 9.10. The second-order valence-corrected chi connectivity index (χ2v) is 11.0. The van der Waals surface area contributed by atoms with E-state index in [9.17, 15) is 22.8 Å². The van der Waals surface area contributed by atoms with Crippen LogP contribution >= 0.6 is 0 Å². The van der Waals surface area contributed by atoms with Crippen LogP contribution in [-0.2, 0) is 20.9 Å². The standard InChI is InChI=1S/C29H37F3N2O4/c1-7-19-13-24(33-16-20-8-9-22-14-23(37-6)11-10-21(22)12-20)26(18(2)38-27(36)28(3,4)5)34(17-19)25(35)15-29(30,31)32/h8-12,14,18-19,26H,7,13,15-17H2,1-6H3/b33-24+. The Hall–Kier alpha value is -3.10. The Balaban J connectivity index is 1.96. The number of hydrogen-bond donors (Lipinski definition) is 0. The number of methoxy groups -OCH3 is 1. The molecule has 3 rings (SSSR count). The van der Waals surface area contributed by atoms with E-state index in [4.69, 9.17) is 14.5 Å². The number of carbonyl (C=O) groups is 2. The first-order chi connectivity index (χ1) is 17.7. The molecule has 38 heavy (non-hydrogen) atoms. The van der Waals surface area contributed by atoms with Gasteiger partial charge in [0.05, 0.1) is 19.1 Å². The summed E-state index contributed by atoms with van der Waals surface area (Å²) >= 11 is 0. The van der Waals surface area contributed by atoms with Gasteiger partial charge in [0.1, 0.15) is 24.3 Å². The topological polar surface area (TPSA) is 68.2 Å². The number of fused-ring (bicyclic) bond motifs is 1. The fourth-order valence-corrected chi connectivity index (χ4v) is 4.64. The van der Waals surface area contributed by atoms with E-state index < -0.39 is 42.0 Å². The number of carbonyl (C=O) groups excluding carboxylic acids is 2. The maximum absolute atomic E-state index is 13.2. The highest BCUT2D eigenvalue weighted by Gasteiger charge is 2.44. The van der Waals surface area contributed by atoms with Crippen molar-refractivity contribution >= 4 is 28.4 Å². The molecule has 0 radical (unpaired) electrons. The van der Waals surface area contributed by atoms with Crippen molar-refractivity contribution in [1.82, 2.24) is 4.90 Å². The first-order valence-corrected chi connectivity index (χ1v) is 12.9. The third-order valence-electron chi connectivity index (χ3n) is 6.81. The van der Waals surface area contributed by atoms with Crippen molar-refractivity contribution in [2.24, 2.45) is 16.3 Å². The van der Waals surface area contributed by atoms with Crippen LogP contribution in [0.3, 0.4) is 0 Å². The number of nitrogens with zero attached hydrogens (tertiary/aromatic N) is 2. The van der Waals surface area contributed by atoms with Gasteiger partial charge in [0.25, 0.3) is 0 Å². The van der Waals surface area contributed by atoms with Crippen molar-refractivity contribution in [2.75, 3.05) is 13.7 Å². The van der Waals surface area contributed by atoms with Gasteiger partial charge in [-0.25, -0.2) is 0 Å². The third-order valence-corrected chi connectivity index (χ3v) is 6.81. The number of hydrogen-bond acceptors (Lipinski definition) is 5. The molecular weight excluding hydrogens is 497 g/mol. The molecule has 0 aromatic heterocycles. The highest BCUT2D eigenvalue weighted by molar-refractivity contribution is 5.95. The number of piperidine rings is 1. The zero-order valence-corrected chi connectivity index (χ0v) is 22.9. The molecule has 1 saturated heterocycles. The van der Waals surface area contributed by atoms with Crippen molar-refractivity contribution in [2.45, 2.75) is 78.7 Å². The molecule has 0 spiro atoms. The molecule has 9 heteroatoms. The predicted molar refractivity (Wildman–Crippen MR) is 141 cm³/mol. The monoisotopic (exact) mass is 534 g/mol. The first-order valence-electron chi connectivity index (χ1n) is 12.9. The van der Waals surface area contributed by atoms with Crippen molar-refractivity contribution in [1.29, 1.82) is 0 Å². The lowest BCUT2D eigenvalue weighted by Crippen LogP contribution is -2.58. The van der Waals surface area contributed by atoms with Gasteiger partial charge in [-0.05, 0) is 74.6 Å². The smallest absolute Gasteiger partial charge is 0.397 e. The zero-order valence-electron chi connectivity index (χ0n) is 22.9. The molecule has 0 N–H and O–H groups in total. The third kappa shape index (κ3) is 7.48. The van der Waals surface area contributed by atoms with E-state index in [1.807, 2.05) is 43.3 Å². The van der Waals surface area contributed by atoms with E-state index in [0.29, 0.717) is 18.6 Å². The summed E-state index contributed by atoms with van der Waals surface area (Å²) in [6.07, 6.45) is -5.88. The highest BCUT2D eigenvalue weighted by Crippen LogP contribution is 2.31. The van der Waals surface area contributed by atoms with E-state index in [1.54, 1.807) is 34.8 Å². The number of benzene rings is 2. The van der Waals surface area contributed by atoms with Crippen LogP contribution < -0.4 is 4.74 Å². The van der Waals surface area contributed by atoms with Crippen molar-refractivity contribution < 1.29 is 32.2 Å². The van der Waals surface area contributed by atoms with Crippen LogP contribution in [0.5, 0.6) is 5.75 Å². The molecule has 1 aliphatic rings. The van der Waals surface area contributed by atoms with Crippen LogP contribution in [0.25, 0.3) is 10.8 Å². The molecule has 0 aliphatic carbocycles. The fraction of sp³-hybridized carbons (Fsp3) is 0.552. The number of halogens is 3. The largest absolute Gasteiger partial charge is 0.497 e. The second-order valence-electron chi connectivity index (χ2n) is 11.0. The minimum Gasteiger partial charge on any atom is -0.497 e. The number of aliphatic imine (C=N–C) groups is 1. The van der Waals surface area contributed by atoms with Crippen LogP contribution in [-0.4, -0.2) is 54.5 Å². The summed E-state index contributed by atoms with van der Waals surface area (Å²) in [5, 5.41) is 2.01. The Labute approximate surface area is 222 Å². The molecule has 208 valence electrons. The van der Waals surface area contributed by atoms with E-state index in [0.717, 1.165) is 22.1 Å². The van der Waals surface area contributed by atoms with E-state index >= 15 is 0 Å². The van der Waals surface area contributed by atoms with Crippen LogP contribution in [0.1, 0.15) is 59.4 Å². The molecule has 3 atom stereocenters. The summed E-state index contributed by atoms with van der Waals surface area (Å²) in [4.78, 5) is 31.6. The molecule has 0 saturated carbocycles. The highest BCUT2D eigenvalue weighted by atomic mass is 19.4. The summed E-state index contributed by atoms with van der Waals surface area (Å²) in [7, 11) is 1.61. The molecule has 1 heterocycles. The van der Waals surface area contributed by atoms with Gasteiger partial charge in [-0.1, -0.05) is 31.5 Å². The summed E-state index contributed by atoms with van der Waals surface area (Å²) < 4.78 is 50.6. The summed E-state index contributed by atoms with van der Waals surface area (Å²) in [5.41, 5.74) is 0.684. The van der Waals surface area contributed by atoms with Gasteiger partial charge in [-0.15, -0.1) is 0 Å². The molecule has 1 aliphatic heterocycles. The minimum atomic E-state index is -4.64. The number of esters is 1. The van der Waals surface area contributed by atoms with Crippen LogP contribution in [0.2, 0.25) is 0 Å². The van der Waals surface area contributed by atoms with Crippen LogP contribution in [0.4, 0.5) is 13.2 Å². The van der Waals surface area contributed by atoms with Gasteiger partial charge in [-0.2, -0.15) is 13.2 Å². The lowest BCUT2D eigenvalue weighted by Gasteiger charge is -2.43. The number of rotatable bonds is 7. The molecule has 6 nitrogen and oxygen atoms in total. The number of amides is 1. The number of alkyl halides is 3. The van der Waals surface area contributed by atoms with Gasteiger partial charge in [0.15, 0.2) is 0 Å². The van der Waals surface area contributed by atoms with Crippen molar-refractivity contribution in [3.05, 3.63) is 42.0 Å². The lowest BCUT2D eigenvalue weighted by molar-refractivity contribution is -0.170. The van der Waals surface area contributed by atoms with Gasteiger partial charge in [-0.3, -0.25) is 14.6 Å². The van der Waals surface area contributed by atoms with E-state index in [-0.39, 0.29) is 19.0 Å². The summed E-state index contributed by atoms with van der Waals surface area (Å²) in [6, 6.07) is 10.8. The number of likely N-dealkylation sites (tertiary alicyclic amines) is 1. The quantitative estimate of drug-likeness (QED) is 0.389. The van der Waals surface area contributed by atoms with Gasteiger partial charge in [0, 0.05) is 12.3 Å². The van der Waals surface area contributed by atoms with Crippen LogP contribution in [0, 0.1) is 11.3 Å². The Morgan fingerprint density at radius 3 is 2.37 bits per heavy atom. The SMILES string of the molecule is CCC1C/C(=N\Cc2ccc3cc(OC)ccc3c2)C(C(C)OC(=O)C(C)(C)C)N(C(=O)CC(F)(F)F)C1. The van der Waals surface area contributed by atoms with Crippen LogP contribution in [0.15, 0.2) is 41.4 Å². The maximum Gasteiger partial charge on any atom is 0.397 e. The molecule has 0 bridgehead atoms. The Bertz CT molecular complexity index is 1190. The van der Waals surface area contributed by atoms with Gasteiger partial charge in [0.2, 0.25) is 5.91 Å². The zero-order chi connectivity index (χ0) is 28.3. The molecule has 2 aromatic rings. The van der Waals surface area contributed by atoms with Crippen molar-refractivity contribution in [3.63, 3.8) is 0 Å². The van der Waals surface area contributed by atoms with Gasteiger partial charge >= 0.3 is 12.1 Å². The van der Waals surface area contributed by atoms with Crippen molar-refractivity contribution in [3.8, 4) is 5.75 Å². The Morgan fingerprint density at radius 1 is 1.11 bits per heavy atom. The van der Waals surface area contributed by atoms with E-state index in [2.05, 4.69) is 0 Å². The lowest BCUT2D eigenvalue weighted by atomic mass is 9.86. The maximum atomic E-state index is 13.2. The molecule has 1 amide bonds. The molecule has 3 unspecified atom stereocenters.